The van der Waals surface area contributed by atoms with Crippen molar-refractivity contribution in [3.63, 3.8) is 0 Å². The predicted octanol–water partition coefficient (Wildman–Crippen LogP) is 2.59. The van der Waals surface area contributed by atoms with Gasteiger partial charge < -0.3 is 10.2 Å². The number of allylic oxidation sites excluding steroid dienone is 1. The highest BCUT2D eigenvalue weighted by atomic mass is 16.6. The second-order valence-electron chi connectivity index (χ2n) is 6.67. The van der Waals surface area contributed by atoms with Crippen LogP contribution in [0.15, 0.2) is 12.2 Å². The van der Waals surface area contributed by atoms with E-state index in [1.165, 1.54) is 0 Å². The Bertz CT molecular complexity index is 471. The second kappa shape index (κ2) is 15.2. The molecule has 0 saturated heterocycles. The van der Waals surface area contributed by atoms with Crippen LogP contribution in [0.1, 0.15) is 71.1 Å². The molecule has 155 valence electrons. The molecule has 27 heavy (non-hydrogen) atoms. The number of aliphatic hydroxyl groups is 2. The number of nitro groups is 2. The summed E-state index contributed by atoms with van der Waals surface area (Å²) >= 11 is 0. The van der Waals surface area contributed by atoms with Gasteiger partial charge in [0.25, 0.3) is 0 Å². The van der Waals surface area contributed by atoms with Crippen molar-refractivity contribution in [3.8, 4) is 0 Å². The first-order valence-electron chi connectivity index (χ1n) is 9.48. The first-order chi connectivity index (χ1) is 12.8. The SMILES string of the molecule is CCCCCC=CCC(O)C(CC(O)C(CCCC[C]=O)[N+](=O)[O-])[N+](=O)[O-]. The van der Waals surface area contributed by atoms with Gasteiger partial charge in [-0.3, -0.25) is 25.0 Å². The molecule has 0 aliphatic carbocycles. The maximum atomic E-state index is 11.2. The maximum absolute atomic E-state index is 11.2. The van der Waals surface area contributed by atoms with Crippen LogP contribution in [0.25, 0.3) is 0 Å². The van der Waals surface area contributed by atoms with Crippen LogP contribution in [-0.4, -0.2) is 50.6 Å². The molecule has 0 aromatic heterocycles. The van der Waals surface area contributed by atoms with Crippen LogP contribution in [0.3, 0.4) is 0 Å². The minimum Gasteiger partial charge on any atom is -0.386 e. The summed E-state index contributed by atoms with van der Waals surface area (Å²) < 4.78 is 0. The van der Waals surface area contributed by atoms with Gasteiger partial charge >= 0.3 is 0 Å². The van der Waals surface area contributed by atoms with Crippen molar-refractivity contribution in [2.75, 3.05) is 0 Å². The third-order valence-electron chi connectivity index (χ3n) is 4.46. The molecule has 4 unspecified atom stereocenters. The second-order valence-corrected chi connectivity index (χ2v) is 6.67. The molecule has 0 saturated carbocycles. The topological polar surface area (TPSA) is 144 Å². The standard InChI is InChI=1S/C18H31N2O7/c1-2-3-4-5-6-9-12-17(22)16(20(26)27)14-18(23)15(19(24)25)11-8-7-10-13-21/h6,9,15-18,22-23H,2-5,7-8,10-12,14H2,1H3. The summed E-state index contributed by atoms with van der Waals surface area (Å²) in [7, 11) is 0. The first kappa shape index (κ1) is 25.1. The molecule has 9 heteroatoms. The first-order valence-corrected chi connectivity index (χ1v) is 9.48. The van der Waals surface area contributed by atoms with Gasteiger partial charge in [-0.15, -0.1) is 0 Å². The summed E-state index contributed by atoms with van der Waals surface area (Å²) in [6.45, 7) is 2.08. The van der Waals surface area contributed by atoms with Crippen molar-refractivity contribution < 1.29 is 24.9 Å². The number of carbonyl (C=O) groups excluding carboxylic acids is 1. The summed E-state index contributed by atoms with van der Waals surface area (Å²) in [6.07, 6.45) is 6.82. The Morgan fingerprint density at radius 2 is 1.63 bits per heavy atom. The van der Waals surface area contributed by atoms with E-state index in [0.717, 1.165) is 25.7 Å². The van der Waals surface area contributed by atoms with Gasteiger partial charge in [-0.2, -0.15) is 0 Å². The normalized spacial score (nSPS) is 16.0. The molecular weight excluding hydrogens is 356 g/mol. The highest BCUT2D eigenvalue weighted by Gasteiger charge is 2.38. The fourth-order valence-corrected chi connectivity index (χ4v) is 2.80. The van der Waals surface area contributed by atoms with Crippen molar-refractivity contribution in [2.45, 2.75) is 95.4 Å². The molecule has 0 spiro atoms. The van der Waals surface area contributed by atoms with Crippen LogP contribution in [0.4, 0.5) is 0 Å². The van der Waals surface area contributed by atoms with Gasteiger partial charge in [0.1, 0.15) is 12.2 Å². The summed E-state index contributed by atoms with van der Waals surface area (Å²) in [4.78, 5) is 31.2. The van der Waals surface area contributed by atoms with Gasteiger partial charge in [0, 0.05) is 22.7 Å². The summed E-state index contributed by atoms with van der Waals surface area (Å²) in [5.41, 5.74) is 0. The van der Waals surface area contributed by atoms with Crippen LogP contribution < -0.4 is 0 Å². The van der Waals surface area contributed by atoms with Crippen LogP contribution in [-0.2, 0) is 4.79 Å². The number of unbranched alkanes of at least 4 members (excludes halogenated alkanes) is 5. The van der Waals surface area contributed by atoms with Gasteiger partial charge in [-0.05, 0) is 32.1 Å². The molecule has 9 nitrogen and oxygen atoms in total. The lowest BCUT2D eigenvalue weighted by atomic mass is 9.95. The molecule has 4 atom stereocenters. The van der Waals surface area contributed by atoms with Gasteiger partial charge in [0.2, 0.25) is 12.1 Å². The number of nitrogens with zero attached hydrogens (tertiary/aromatic N) is 2. The van der Waals surface area contributed by atoms with Gasteiger partial charge in [-0.1, -0.05) is 31.9 Å². The predicted molar refractivity (Wildman–Crippen MR) is 100 cm³/mol. The van der Waals surface area contributed by atoms with Gasteiger partial charge in [-0.25, -0.2) is 0 Å². The van der Waals surface area contributed by atoms with Gasteiger partial charge in [0.05, 0.1) is 6.42 Å². The Morgan fingerprint density at radius 3 is 2.19 bits per heavy atom. The minimum absolute atomic E-state index is 0.00765. The lowest BCUT2D eigenvalue weighted by Crippen LogP contribution is -2.42. The smallest absolute Gasteiger partial charge is 0.241 e. The van der Waals surface area contributed by atoms with Crippen molar-refractivity contribution in [2.24, 2.45) is 0 Å². The molecule has 2 N–H and O–H groups in total. The molecule has 0 aromatic carbocycles. The lowest BCUT2D eigenvalue weighted by Gasteiger charge is -2.20. The zero-order valence-corrected chi connectivity index (χ0v) is 15.9. The number of rotatable bonds is 17. The molecule has 1 radical (unpaired) electrons. The largest absolute Gasteiger partial charge is 0.386 e. The van der Waals surface area contributed by atoms with E-state index >= 15 is 0 Å². The number of hydrogen-bond acceptors (Lipinski definition) is 7. The van der Waals surface area contributed by atoms with E-state index in [1.54, 1.807) is 12.4 Å². The van der Waals surface area contributed by atoms with E-state index in [1.807, 2.05) is 6.08 Å². The van der Waals surface area contributed by atoms with Crippen LogP contribution in [0.2, 0.25) is 0 Å². The van der Waals surface area contributed by atoms with E-state index in [0.29, 0.717) is 12.8 Å². The molecule has 0 rings (SSSR count). The van der Waals surface area contributed by atoms with Crippen LogP contribution in [0, 0.1) is 20.2 Å². The zero-order valence-electron chi connectivity index (χ0n) is 15.9. The molecule has 0 bridgehead atoms. The summed E-state index contributed by atoms with van der Waals surface area (Å²) in [5.74, 6) is 0. The number of aliphatic hydroxyl groups excluding tert-OH is 2. The average molecular weight is 387 g/mol. The molecule has 0 fully saturated rings. The van der Waals surface area contributed by atoms with E-state index in [2.05, 4.69) is 6.92 Å². The highest BCUT2D eigenvalue weighted by molar-refractivity contribution is 5.50. The Hall–Kier alpha value is -1.87. The third-order valence-corrected chi connectivity index (χ3v) is 4.46. The van der Waals surface area contributed by atoms with Crippen LogP contribution in [0.5, 0.6) is 0 Å². The highest BCUT2D eigenvalue weighted by Crippen LogP contribution is 2.18. The minimum atomic E-state index is -1.54. The maximum Gasteiger partial charge on any atom is 0.241 e. The van der Waals surface area contributed by atoms with E-state index in [4.69, 9.17) is 0 Å². The molecule has 0 aliphatic rings. The average Bonchev–Trinajstić information content (AvgIpc) is 2.61. The van der Waals surface area contributed by atoms with E-state index in [-0.39, 0.29) is 19.3 Å². The quantitative estimate of drug-likeness (QED) is 0.169. The molecule has 0 aromatic rings. The summed E-state index contributed by atoms with van der Waals surface area (Å²) in [6, 6.07) is -2.85. The van der Waals surface area contributed by atoms with Crippen molar-refractivity contribution in [1.82, 2.24) is 0 Å². The van der Waals surface area contributed by atoms with Gasteiger partial charge in [0.15, 0.2) is 6.29 Å². The van der Waals surface area contributed by atoms with E-state index < -0.39 is 40.6 Å². The lowest BCUT2D eigenvalue weighted by molar-refractivity contribution is -0.554. The Labute approximate surface area is 159 Å². The molecule has 0 heterocycles. The fourth-order valence-electron chi connectivity index (χ4n) is 2.80. The monoisotopic (exact) mass is 387 g/mol. The Morgan fingerprint density at radius 1 is 0.963 bits per heavy atom. The van der Waals surface area contributed by atoms with Crippen molar-refractivity contribution in [1.29, 1.82) is 0 Å². The Kier molecular flexibility index (Phi) is 14.2. The van der Waals surface area contributed by atoms with Crippen LogP contribution >= 0.6 is 0 Å². The zero-order chi connectivity index (χ0) is 20.7. The number of hydrogen-bond donors (Lipinski definition) is 2. The Balaban J connectivity index is 4.66. The van der Waals surface area contributed by atoms with Crippen molar-refractivity contribution >= 4 is 6.29 Å². The molecular formula is C18H31N2O7. The van der Waals surface area contributed by atoms with E-state index in [9.17, 15) is 35.2 Å². The fraction of sp³-hybridized carbons (Fsp3) is 0.833. The summed E-state index contributed by atoms with van der Waals surface area (Å²) in [5, 5.41) is 42.6. The molecule has 0 aliphatic heterocycles. The third kappa shape index (κ3) is 11.4. The van der Waals surface area contributed by atoms with Crippen molar-refractivity contribution in [3.05, 3.63) is 32.4 Å². The molecule has 0 amide bonds.